The quantitative estimate of drug-likeness (QED) is 0.165. The molecule has 5 heterocycles. The molecule has 0 unspecified atom stereocenters. The maximum absolute atomic E-state index is 17.5. The highest BCUT2D eigenvalue weighted by Crippen LogP contribution is 2.51. The number of piperazine rings is 1. The molecule has 4 aliphatic heterocycles. The Morgan fingerprint density at radius 2 is 1.84 bits per heavy atom. The van der Waals surface area contributed by atoms with E-state index in [9.17, 15) is 5.26 Å². The van der Waals surface area contributed by atoms with Gasteiger partial charge in [0.2, 0.25) is 0 Å². The second-order valence-electron chi connectivity index (χ2n) is 14.0. The summed E-state index contributed by atoms with van der Waals surface area (Å²) in [7, 11) is 0. The number of halogens is 3. The van der Waals surface area contributed by atoms with Crippen LogP contribution in [0.2, 0.25) is 5.02 Å². The smallest absolute Gasteiger partial charge is 0.159 e. The van der Waals surface area contributed by atoms with Gasteiger partial charge in [-0.15, -0.1) is 6.42 Å². The number of aryl methyl sites for hydroxylation is 1. The predicted octanol–water partition coefficient (Wildman–Crippen LogP) is 7.99. The molecule has 3 aromatic carbocycles. The molecule has 3 fully saturated rings. The van der Waals surface area contributed by atoms with Crippen molar-refractivity contribution in [3.63, 3.8) is 0 Å². The van der Waals surface area contributed by atoms with E-state index in [0.717, 1.165) is 38.9 Å². The zero-order valence-corrected chi connectivity index (χ0v) is 29.5. The van der Waals surface area contributed by atoms with Crippen LogP contribution in [0.15, 0.2) is 24.8 Å². The van der Waals surface area contributed by atoms with E-state index >= 15 is 8.78 Å². The maximum atomic E-state index is 17.5. The van der Waals surface area contributed by atoms with Crippen LogP contribution in [-0.2, 0) is 6.42 Å². The molecule has 3 N–H and O–H groups in total. The number of hydrogen-bond donors (Lipinski definition) is 2. The second kappa shape index (κ2) is 13.5. The largest absolute Gasteiger partial charge is 0.398 e. The Bertz CT molecular complexity index is 2120. The fourth-order valence-corrected chi connectivity index (χ4v) is 9.20. The minimum absolute atomic E-state index is 0.0286. The van der Waals surface area contributed by atoms with Crippen molar-refractivity contribution in [1.82, 2.24) is 20.2 Å². The van der Waals surface area contributed by atoms with Crippen molar-refractivity contribution in [2.24, 2.45) is 0 Å². The van der Waals surface area contributed by atoms with Crippen LogP contribution in [0.1, 0.15) is 81.3 Å². The normalized spacial score (nSPS) is 19.4. The highest BCUT2D eigenvalue weighted by Gasteiger charge is 2.44. The number of terminal acetylenes is 1. The van der Waals surface area contributed by atoms with Gasteiger partial charge in [0.1, 0.15) is 29.0 Å². The first-order valence-electron chi connectivity index (χ1n) is 17.7. The lowest BCUT2D eigenvalue weighted by Gasteiger charge is -2.36. The molecule has 0 aliphatic carbocycles. The third kappa shape index (κ3) is 5.39. The van der Waals surface area contributed by atoms with E-state index < -0.39 is 11.6 Å². The van der Waals surface area contributed by atoms with Crippen LogP contribution in [0.4, 0.5) is 20.3 Å². The van der Waals surface area contributed by atoms with E-state index in [1.165, 1.54) is 31.4 Å². The Morgan fingerprint density at radius 1 is 1.10 bits per heavy atom. The third-order valence-electron chi connectivity index (χ3n) is 10.9. The van der Waals surface area contributed by atoms with Crippen LogP contribution in [0.3, 0.4) is 0 Å². The lowest BCUT2D eigenvalue weighted by atomic mass is 9.86. The van der Waals surface area contributed by atoms with Crippen molar-refractivity contribution in [2.75, 3.05) is 43.4 Å². The van der Waals surface area contributed by atoms with E-state index in [0.29, 0.717) is 59.5 Å². The van der Waals surface area contributed by atoms with E-state index in [2.05, 4.69) is 47.5 Å². The Labute approximate surface area is 297 Å². The van der Waals surface area contributed by atoms with Crippen molar-refractivity contribution in [3.05, 3.63) is 63.9 Å². The Balaban J connectivity index is 0.00000126. The first-order valence-corrected chi connectivity index (χ1v) is 18.1. The zero-order valence-electron chi connectivity index (χ0n) is 28.7. The summed E-state index contributed by atoms with van der Waals surface area (Å²) in [5.74, 6) is 2.24. The molecule has 0 bridgehead atoms. The Kier molecular flexibility index (Phi) is 9.19. The summed E-state index contributed by atoms with van der Waals surface area (Å²) in [4.78, 5) is 14.9. The number of fused-ring (bicyclic) bond motifs is 4. The number of rotatable bonds is 4. The summed E-state index contributed by atoms with van der Waals surface area (Å²) in [6, 6.07) is 6.46. The Morgan fingerprint density at radius 3 is 2.54 bits per heavy atom. The van der Waals surface area contributed by atoms with Crippen molar-refractivity contribution < 1.29 is 8.78 Å². The molecule has 1 aromatic heterocycles. The number of benzene rings is 3. The van der Waals surface area contributed by atoms with Crippen LogP contribution < -0.4 is 16.0 Å². The second-order valence-corrected chi connectivity index (χ2v) is 14.4. The first kappa shape index (κ1) is 34.2. The van der Waals surface area contributed by atoms with Gasteiger partial charge in [-0.2, -0.15) is 5.26 Å². The maximum Gasteiger partial charge on any atom is 0.159 e. The van der Waals surface area contributed by atoms with Gasteiger partial charge in [-0.05, 0) is 74.7 Å². The number of nitrogens with one attached hydrogen (secondary N) is 1. The summed E-state index contributed by atoms with van der Waals surface area (Å²) in [6.45, 7) is 13.1. The van der Waals surface area contributed by atoms with E-state index in [1.807, 2.05) is 0 Å². The SMILES string of the molecule is C#Cc1c(F)ccc2cc(N)c(C#N)c(-c3c(Cl)c4c5c(nc(CCC67CCCN6CCC7)nc5c3F)N3CCNC[C@H]3CC4=C)c12.CCC. The van der Waals surface area contributed by atoms with Gasteiger partial charge in [0.15, 0.2) is 5.82 Å². The highest BCUT2D eigenvalue weighted by atomic mass is 35.5. The molecule has 0 saturated carbocycles. The molecule has 1 atom stereocenters. The van der Waals surface area contributed by atoms with Crippen molar-refractivity contribution >= 4 is 50.4 Å². The number of nitrogens with zero attached hydrogens (tertiary/aromatic N) is 5. The fourth-order valence-electron chi connectivity index (χ4n) is 8.79. The first-order chi connectivity index (χ1) is 24.2. The van der Waals surface area contributed by atoms with Crippen molar-refractivity contribution in [3.8, 4) is 29.5 Å². The minimum atomic E-state index is -0.725. The van der Waals surface area contributed by atoms with E-state index in [1.54, 1.807) is 6.07 Å². The zero-order chi connectivity index (χ0) is 35.3. The predicted molar refractivity (Wildman–Crippen MR) is 199 cm³/mol. The van der Waals surface area contributed by atoms with Crippen molar-refractivity contribution in [1.29, 1.82) is 5.26 Å². The van der Waals surface area contributed by atoms with Gasteiger partial charge in [0, 0.05) is 59.7 Å². The van der Waals surface area contributed by atoms with Crippen LogP contribution in [0.25, 0.3) is 38.4 Å². The fraction of sp³-hybridized carbons (Fsp3) is 0.425. The monoisotopic (exact) mass is 693 g/mol. The van der Waals surface area contributed by atoms with Gasteiger partial charge in [0.05, 0.1) is 27.2 Å². The molecule has 8 rings (SSSR count). The van der Waals surface area contributed by atoms with Gasteiger partial charge >= 0.3 is 0 Å². The molecule has 0 amide bonds. The average molecular weight is 694 g/mol. The number of anilines is 2. The molecule has 7 nitrogen and oxygen atoms in total. The van der Waals surface area contributed by atoms with Crippen LogP contribution in [-0.4, -0.2) is 59.2 Å². The Hall–Kier alpha value is -4.28. The van der Waals surface area contributed by atoms with Gasteiger partial charge in [0.25, 0.3) is 0 Å². The third-order valence-corrected chi connectivity index (χ3v) is 11.3. The van der Waals surface area contributed by atoms with E-state index in [-0.39, 0.29) is 55.4 Å². The summed E-state index contributed by atoms with van der Waals surface area (Å²) < 4.78 is 32.8. The standard InChI is InChI=1S/C37H34ClF2N7.C3H8/c1-3-23-25(39)7-6-21-17-26(42)24(18-41)30(29(21)23)31-33(38)28-20(2)16-22-19-43-12-15-47(22)36-32(28)35(34(31)40)44-27(45-36)8-11-37-9-4-13-46(37)14-5-10-37;1-3-2/h1,6-7,17,22,43H,2,4-5,8-16,19,42H2;3H2,1-2H3/t22-;/m1./s1. The summed E-state index contributed by atoms with van der Waals surface area (Å²) >= 11 is 7.27. The van der Waals surface area contributed by atoms with Gasteiger partial charge in [-0.1, -0.05) is 50.4 Å². The summed E-state index contributed by atoms with van der Waals surface area (Å²) in [5, 5.41) is 15.0. The molecular formula is C40H42ClF2N7. The highest BCUT2D eigenvalue weighted by molar-refractivity contribution is 6.37. The summed E-state index contributed by atoms with van der Waals surface area (Å²) in [5.41, 5.74) is 7.81. The molecule has 258 valence electrons. The number of nitriles is 1. The molecular weight excluding hydrogens is 652 g/mol. The van der Waals surface area contributed by atoms with Gasteiger partial charge < -0.3 is 16.0 Å². The molecule has 4 aliphatic rings. The van der Waals surface area contributed by atoms with Gasteiger partial charge in [-0.3, -0.25) is 4.90 Å². The molecule has 4 aromatic rings. The molecule has 3 saturated heterocycles. The van der Waals surface area contributed by atoms with Crippen molar-refractivity contribution in [2.45, 2.75) is 76.8 Å². The number of hydrogen-bond acceptors (Lipinski definition) is 7. The average Bonchev–Trinajstić information content (AvgIpc) is 3.65. The molecule has 0 spiro atoms. The molecule has 0 radical (unpaired) electrons. The number of aromatic nitrogens is 2. The molecule has 10 heteroatoms. The molecule has 50 heavy (non-hydrogen) atoms. The van der Waals surface area contributed by atoms with Crippen LogP contribution in [0, 0.1) is 35.3 Å². The lowest BCUT2D eigenvalue weighted by molar-refractivity contribution is 0.182. The number of nitrogens with two attached hydrogens (primary N) is 1. The lowest BCUT2D eigenvalue weighted by Crippen LogP contribution is -2.51. The topological polar surface area (TPSA) is 94.1 Å². The van der Waals surface area contributed by atoms with Crippen LogP contribution >= 0.6 is 11.6 Å². The van der Waals surface area contributed by atoms with Gasteiger partial charge in [-0.25, -0.2) is 18.7 Å². The minimum Gasteiger partial charge on any atom is -0.398 e. The number of nitrogen functional groups attached to an aromatic ring is 1. The van der Waals surface area contributed by atoms with E-state index in [4.69, 9.17) is 33.7 Å². The van der Waals surface area contributed by atoms with Crippen LogP contribution in [0.5, 0.6) is 0 Å². The summed E-state index contributed by atoms with van der Waals surface area (Å²) in [6.07, 6.45) is 13.8.